The standard InChI is InChI=1S/C17H24O2/c1-2-12-19-16-10-8-15(9-11-16)17(18)13-14-6-4-3-5-7-14/h6,8-11,17-18H,2-5,7,12-13H2,1H3. The zero-order chi connectivity index (χ0) is 13.5. The van der Waals surface area contributed by atoms with E-state index < -0.39 is 0 Å². The zero-order valence-electron chi connectivity index (χ0n) is 11.8. The molecule has 0 bridgehead atoms. The van der Waals surface area contributed by atoms with Gasteiger partial charge in [-0.25, -0.2) is 0 Å². The molecule has 1 aromatic carbocycles. The van der Waals surface area contributed by atoms with Crippen molar-refractivity contribution < 1.29 is 9.84 Å². The number of benzene rings is 1. The molecule has 2 nitrogen and oxygen atoms in total. The summed E-state index contributed by atoms with van der Waals surface area (Å²) in [6.45, 7) is 2.84. The molecule has 0 fully saturated rings. The Hall–Kier alpha value is -1.28. The van der Waals surface area contributed by atoms with Crippen LogP contribution in [-0.2, 0) is 0 Å². The van der Waals surface area contributed by atoms with Crippen molar-refractivity contribution >= 4 is 0 Å². The van der Waals surface area contributed by atoms with Crippen LogP contribution in [0.5, 0.6) is 5.75 Å². The molecule has 1 aliphatic carbocycles. The Bertz CT molecular complexity index is 406. The van der Waals surface area contributed by atoms with Crippen LogP contribution < -0.4 is 4.74 Å². The van der Waals surface area contributed by atoms with Gasteiger partial charge in [0.1, 0.15) is 5.75 Å². The van der Waals surface area contributed by atoms with Crippen LogP contribution in [0.15, 0.2) is 35.9 Å². The van der Waals surface area contributed by atoms with Gasteiger partial charge in [0.2, 0.25) is 0 Å². The molecule has 1 N–H and O–H groups in total. The molecule has 2 rings (SSSR count). The summed E-state index contributed by atoms with van der Waals surface area (Å²) in [5, 5.41) is 10.3. The monoisotopic (exact) mass is 260 g/mol. The highest BCUT2D eigenvalue weighted by molar-refractivity contribution is 5.29. The van der Waals surface area contributed by atoms with Crippen molar-refractivity contribution in [3.8, 4) is 5.75 Å². The maximum Gasteiger partial charge on any atom is 0.119 e. The van der Waals surface area contributed by atoms with E-state index in [2.05, 4.69) is 13.0 Å². The predicted molar refractivity (Wildman–Crippen MR) is 78.4 cm³/mol. The van der Waals surface area contributed by atoms with Crippen molar-refractivity contribution in [3.05, 3.63) is 41.5 Å². The molecule has 0 saturated carbocycles. The average Bonchev–Trinajstić information content (AvgIpc) is 2.46. The molecule has 19 heavy (non-hydrogen) atoms. The summed E-state index contributed by atoms with van der Waals surface area (Å²) in [7, 11) is 0. The molecule has 1 atom stereocenters. The van der Waals surface area contributed by atoms with Crippen molar-refractivity contribution in [1.82, 2.24) is 0 Å². The lowest BCUT2D eigenvalue weighted by atomic mass is 9.93. The number of allylic oxidation sites excluding steroid dienone is 1. The fraction of sp³-hybridized carbons (Fsp3) is 0.529. The second kappa shape index (κ2) is 7.34. The Morgan fingerprint density at radius 2 is 2.00 bits per heavy atom. The maximum atomic E-state index is 10.3. The molecule has 0 radical (unpaired) electrons. The lowest BCUT2D eigenvalue weighted by Gasteiger charge is -2.17. The molecule has 0 aliphatic heterocycles. The van der Waals surface area contributed by atoms with Gasteiger partial charge in [0.05, 0.1) is 12.7 Å². The molecule has 0 heterocycles. The quantitative estimate of drug-likeness (QED) is 0.768. The summed E-state index contributed by atoms with van der Waals surface area (Å²) in [4.78, 5) is 0. The van der Waals surface area contributed by atoms with E-state index in [1.54, 1.807) is 0 Å². The van der Waals surface area contributed by atoms with Crippen molar-refractivity contribution in [2.45, 2.75) is 51.6 Å². The first-order chi connectivity index (χ1) is 9.29. The van der Waals surface area contributed by atoms with Crippen molar-refractivity contribution in [2.75, 3.05) is 6.61 Å². The van der Waals surface area contributed by atoms with Crippen molar-refractivity contribution in [2.24, 2.45) is 0 Å². The van der Waals surface area contributed by atoms with Crippen LogP contribution in [-0.4, -0.2) is 11.7 Å². The van der Waals surface area contributed by atoms with Gasteiger partial charge in [0.25, 0.3) is 0 Å². The summed E-state index contributed by atoms with van der Waals surface area (Å²) >= 11 is 0. The van der Waals surface area contributed by atoms with E-state index in [0.29, 0.717) is 0 Å². The number of hydrogen-bond donors (Lipinski definition) is 1. The third-order valence-electron chi connectivity index (χ3n) is 3.58. The van der Waals surface area contributed by atoms with Crippen LogP contribution >= 0.6 is 0 Å². The van der Waals surface area contributed by atoms with Gasteiger partial charge in [-0.2, -0.15) is 0 Å². The van der Waals surface area contributed by atoms with Gasteiger partial charge < -0.3 is 9.84 Å². The highest BCUT2D eigenvalue weighted by Gasteiger charge is 2.12. The molecule has 1 aliphatic rings. The molecule has 1 aromatic rings. The van der Waals surface area contributed by atoms with Crippen LogP contribution in [0.3, 0.4) is 0 Å². The Balaban J connectivity index is 1.91. The normalized spacial score (nSPS) is 16.8. The minimum Gasteiger partial charge on any atom is -0.494 e. The molecular weight excluding hydrogens is 236 g/mol. The first kappa shape index (κ1) is 14.1. The topological polar surface area (TPSA) is 29.5 Å². The van der Waals surface area contributed by atoms with Gasteiger partial charge in [-0.05, 0) is 56.2 Å². The van der Waals surface area contributed by atoms with Gasteiger partial charge in [-0.1, -0.05) is 30.7 Å². The summed E-state index contributed by atoms with van der Waals surface area (Å²) in [6.07, 6.45) is 8.58. The fourth-order valence-corrected chi connectivity index (χ4v) is 2.46. The predicted octanol–water partition coefficient (Wildman–Crippen LogP) is 4.40. The van der Waals surface area contributed by atoms with E-state index in [9.17, 15) is 5.11 Å². The number of rotatable bonds is 6. The van der Waals surface area contributed by atoms with Crippen LogP contribution in [0.1, 0.15) is 57.1 Å². The van der Waals surface area contributed by atoms with Crippen molar-refractivity contribution in [3.63, 3.8) is 0 Å². The van der Waals surface area contributed by atoms with Crippen LogP contribution in [0, 0.1) is 0 Å². The van der Waals surface area contributed by atoms with Crippen LogP contribution in [0.2, 0.25) is 0 Å². The fourth-order valence-electron chi connectivity index (χ4n) is 2.46. The molecule has 0 amide bonds. The maximum absolute atomic E-state index is 10.3. The van der Waals surface area contributed by atoms with Crippen molar-refractivity contribution in [1.29, 1.82) is 0 Å². The first-order valence-electron chi connectivity index (χ1n) is 7.38. The van der Waals surface area contributed by atoms with E-state index in [0.717, 1.165) is 37.2 Å². The minimum atomic E-state index is -0.385. The minimum absolute atomic E-state index is 0.385. The van der Waals surface area contributed by atoms with Crippen LogP contribution in [0.25, 0.3) is 0 Å². The average molecular weight is 260 g/mol. The Labute approximate surface area is 116 Å². The first-order valence-corrected chi connectivity index (χ1v) is 7.38. The number of hydrogen-bond acceptors (Lipinski definition) is 2. The Kier molecular flexibility index (Phi) is 5.46. The molecule has 0 spiro atoms. The Morgan fingerprint density at radius 3 is 2.63 bits per heavy atom. The third-order valence-corrected chi connectivity index (χ3v) is 3.58. The van der Waals surface area contributed by atoms with Gasteiger partial charge in [-0.3, -0.25) is 0 Å². The second-order valence-electron chi connectivity index (χ2n) is 5.25. The SMILES string of the molecule is CCCOc1ccc(C(O)CC2=CCCCC2)cc1. The number of ether oxygens (including phenoxy) is 1. The van der Waals surface area contributed by atoms with E-state index in [1.807, 2.05) is 24.3 Å². The summed E-state index contributed by atoms with van der Waals surface area (Å²) in [5.74, 6) is 0.884. The van der Waals surface area contributed by atoms with Gasteiger partial charge in [0, 0.05) is 0 Å². The molecule has 104 valence electrons. The summed E-state index contributed by atoms with van der Waals surface area (Å²) in [5.41, 5.74) is 2.39. The molecule has 0 saturated heterocycles. The van der Waals surface area contributed by atoms with Gasteiger partial charge in [0.15, 0.2) is 0 Å². The summed E-state index contributed by atoms with van der Waals surface area (Å²) in [6, 6.07) is 7.84. The van der Waals surface area contributed by atoms with Gasteiger partial charge >= 0.3 is 0 Å². The highest BCUT2D eigenvalue weighted by Crippen LogP contribution is 2.28. The summed E-state index contributed by atoms with van der Waals surface area (Å²) < 4.78 is 5.55. The molecule has 1 unspecified atom stereocenters. The van der Waals surface area contributed by atoms with E-state index in [-0.39, 0.29) is 6.10 Å². The van der Waals surface area contributed by atoms with Crippen LogP contribution in [0.4, 0.5) is 0 Å². The molecule has 2 heteroatoms. The number of aliphatic hydroxyl groups excluding tert-OH is 1. The van der Waals surface area contributed by atoms with E-state index in [1.165, 1.54) is 24.8 Å². The highest BCUT2D eigenvalue weighted by atomic mass is 16.5. The van der Waals surface area contributed by atoms with E-state index in [4.69, 9.17) is 4.74 Å². The van der Waals surface area contributed by atoms with E-state index >= 15 is 0 Å². The third kappa shape index (κ3) is 4.39. The Morgan fingerprint density at radius 1 is 1.21 bits per heavy atom. The zero-order valence-corrected chi connectivity index (χ0v) is 11.8. The smallest absolute Gasteiger partial charge is 0.119 e. The number of aliphatic hydroxyl groups is 1. The van der Waals surface area contributed by atoms with Gasteiger partial charge in [-0.15, -0.1) is 0 Å². The molecular formula is C17H24O2. The second-order valence-corrected chi connectivity index (χ2v) is 5.25. The lowest BCUT2D eigenvalue weighted by Crippen LogP contribution is -2.02. The molecule has 0 aromatic heterocycles. The largest absolute Gasteiger partial charge is 0.494 e. The lowest BCUT2D eigenvalue weighted by molar-refractivity contribution is 0.176.